The van der Waals surface area contributed by atoms with Gasteiger partial charge < -0.3 is 34.5 Å². The molecule has 1 saturated heterocycles. The predicted molar refractivity (Wildman–Crippen MR) is 106 cm³/mol. The normalized spacial score (nSPS) is 31.0. The lowest BCUT2D eigenvalue weighted by molar-refractivity contribution is -0.138. The van der Waals surface area contributed by atoms with Crippen LogP contribution in [0.3, 0.4) is 0 Å². The number of ether oxygens (including phenoxy) is 1. The first-order valence-electron chi connectivity index (χ1n) is 8.75. The molecule has 6 atom stereocenters. The molecule has 1 aromatic heterocycles. The fourth-order valence-corrected chi connectivity index (χ4v) is 6.16. The van der Waals surface area contributed by atoms with Crippen molar-refractivity contribution in [1.29, 1.82) is 0 Å². The summed E-state index contributed by atoms with van der Waals surface area (Å²) in [7, 11) is -17.3. The molecule has 0 radical (unpaired) electrons. The topological polar surface area (TPSA) is 264 Å². The van der Waals surface area contributed by atoms with Gasteiger partial charge in [-0.05, 0) is 0 Å². The molecule has 1 fully saturated rings. The molecule has 0 amide bonds. The van der Waals surface area contributed by atoms with Crippen molar-refractivity contribution in [1.82, 2.24) is 9.55 Å². The molecule has 0 saturated carbocycles. The van der Waals surface area contributed by atoms with Crippen LogP contribution in [0.1, 0.15) is 12.6 Å². The largest absolute Gasteiger partial charge is 0.490 e. The van der Waals surface area contributed by atoms with Gasteiger partial charge in [0, 0.05) is 18.7 Å². The molecule has 0 aromatic carbocycles. The number of aromatic amines is 1. The molecule has 0 spiro atoms. The summed E-state index contributed by atoms with van der Waals surface area (Å²) in [6, 6.07) is 0.840. The summed E-state index contributed by atoms with van der Waals surface area (Å²) in [5, 5.41) is 21.7. The molecule has 2 rings (SSSR count). The third-order valence-corrected chi connectivity index (χ3v) is 8.22. The van der Waals surface area contributed by atoms with Gasteiger partial charge in [0.15, 0.2) is 11.8 Å². The highest BCUT2D eigenvalue weighted by Gasteiger charge is 2.64. The summed E-state index contributed by atoms with van der Waals surface area (Å²) < 4.78 is 65.5. The van der Waals surface area contributed by atoms with E-state index < -0.39 is 78.0 Å². The highest BCUT2D eigenvalue weighted by Crippen LogP contribution is 2.66. The van der Waals surface area contributed by atoms with E-state index in [2.05, 4.69) is 19.7 Å². The Bertz CT molecular complexity index is 1180. The Morgan fingerprint density at radius 3 is 2.32 bits per heavy atom. The third kappa shape index (κ3) is 6.44. The standard InChI is InChI=1S/C13H20FN2O15P3/c1-2-4-13(20)9(18)12(6-14,29-10(13)16-5-3-8(17)15-11(16)19)7-28-33(24,25)31-34(26,27)30-32(21,22)23/h2-3,5,9-10,18,20H,1,4,6-7H2,(H,24,25)(H,26,27)(H,15,17,19)(H2,21,22,23)/t9?,10-,12-,13-/m1/s1. The molecule has 34 heavy (non-hydrogen) atoms. The molecule has 0 aliphatic carbocycles. The number of rotatable bonds is 11. The number of nitrogens with zero attached hydrogens (tertiary/aromatic N) is 1. The number of phosphoric ester groups is 1. The van der Waals surface area contributed by atoms with Crippen molar-refractivity contribution in [2.24, 2.45) is 0 Å². The smallest absolute Gasteiger partial charge is 0.387 e. The average molecular weight is 556 g/mol. The molecule has 7 N–H and O–H groups in total. The fraction of sp³-hybridized carbons (Fsp3) is 0.538. The van der Waals surface area contributed by atoms with Crippen LogP contribution in [0.15, 0.2) is 34.5 Å². The second-order valence-corrected chi connectivity index (χ2v) is 11.4. The molecular weight excluding hydrogens is 536 g/mol. The summed E-state index contributed by atoms with van der Waals surface area (Å²) in [6.45, 7) is 0.151. The number of halogens is 1. The minimum Gasteiger partial charge on any atom is -0.387 e. The van der Waals surface area contributed by atoms with Crippen LogP contribution in [0.25, 0.3) is 0 Å². The van der Waals surface area contributed by atoms with Crippen molar-refractivity contribution in [3.05, 3.63) is 45.8 Å². The summed E-state index contributed by atoms with van der Waals surface area (Å²) in [4.78, 5) is 61.2. The first kappa shape index (κ1) is 28.9. The third-order valence-electron chi connectivity index (χ3n) is 4.44. The molecule has 2 heterocycles. The van der Waals surface area contributed by atoms with E-state index in [4.69, 9.17) is 14.5 Å². The number of alkyl halides is 1. The van der Waals surface area contributed by atoms with E-state index in [0.29, 0.717) is 4.57 Å². The number of phosphoric acid groups is 3. The Morgan fingerprint density at radius 2 is 1.82 bits per heavy atom. The van der Waals surface area contributed by atoms with Gasteiger partial charge in [0.2, 0.25) is 0 Å². The van der Waals surface area contributed by atoms with Crippen molar-refractivity contribution in [2.75, 3.05) is 13.3 Å². The van der Waals surface area contributed by atoms with Crippen LogP contribution in [0.2, 0.25) is 0 Å². The van der Waals surface area contributed by atoms with Crippen LogP contribution >= 0.6 is 23.5 Å². The number of aliphatic hydroxyl groups is 2. The second kappa shape index (κ2) is 9.95. The molecular formula is C13H20FN2O15P3. The Hall–Kier alpha value is -1.36. The lowest BCUT2D eigenvalue weighted by Gasteiger charge is -2.32. The quantitative estimate of drug-likeness (QED) is 0.124. The highest BCUT2D eigenvalue weighted by atomic mass is 31.3. The van der Waals surface area contributed by atoms with E-state index in [-0.39, 0.29) is 0 Å². The Balaban J connectivity index is 2.37. The zero-order valence-electron chi connectivity index (χ0n) is 16.7. The first-order valence-corrected chi connectivity index (χ1v) is 13.3. The molecule has 1 aromatic rings. The number of aromatic nitrogens is 2. The fourth-order valence-electron chi connectivity index (χ4n) is 3.08. The second-order valence-electron chi connectivity index (χ2n) is 6.94. The van der Waals surface area contributed by atoms with Crippen LogP contribution in [-0.4, -0.2) is 69.9 Å². The molecule has 17 nitrogen and oxygen atoms in total. The van der Waals surface area contributed by atoms with Crippen molar-refractivity contribution >= 4 is 23.5 Å². The Kier molecular flexibility index (Phi) is 8.45. The van der Waals surface area contributed by atoms with Crippen molar-refractivity contribution in [3.8, 4) is 0 Å². The number of hydrogen-bond acceptors (Lipinski definition) is 11. The minimum absolute atomic E-state index is 0.540. The van der Waals surface area contributed by atoms with Crippen LogP contribution in [0.4, 0.5) is 4.39 Å². The van der Waals surface area contributed by atoms with Crippen molar-refractivity contribution < 1.29 is 65.8 Å². The molecule has 21 heteroatoms. The van der Waals surface area contributed by atoms with Gasteiger partial charge in [-0.25, -0.2) is 22.9 Å². The molecule has 0 bridgehead atoms. The molecule has 1 aliphatic heterocycles. The number of hydrogen-bond donors (Lipinski definition) is 7. The van der Waals surface area contributed by atoms with Gasteiger partial charge in [-0.1, -0.05) is 6.08 Å². The van der Waals surface area contributed by atoms with E-state index in [9.17, 15) is 47.7 Å². The first-order chi connectivity index (χ1) is 15.4. The van der Waals surface area contributed by atoms with Gasteiger partial charge in [-0.3, -0.25) is 18.9 Å². The van der Waals surface area contributed by atoms with Crippen LogP contribution in [-0.2, 0) is 31.6 Å². The highest BCUT2D eigenvalue weighted by molar-refractivity contribution is 7.66. The van der Waals surface area contributed by atoms with E-state index in [1.807, 2.05) is 4.98 Å². The van der Waals surface area contributed by atoms with Gasteiger partial charge >= 0.3 is 29.2 Å². The molecule has 194 valence electrons. The zero-order chi connectivity index (χ0) is 26.2. The van der Waals surface area contributed by atoms with E-state index >= 15 is 0 Å². The van der Waals surface area contributed by atoms with Gasteiger partial charge in [-0.2, -0.15) is 8.62 Å². The van der Waals surface area contributed by atoms with Crippen LogP contribution in [0.5, 0.6) is 0 Å². The summed E-state index contributed by atoms with van der Waals surface area (Å²) >= 11 is 0. The molecule has 3 unspecified atom stereocenters. The number of H-pyrrole nitrogens is 1. The van der Waals surface area contributed by atoms with Crippen molar-refractivity contribution in [3.63, 3.8) is 0 Å². The van der Waals surface area contributed by atoms with E-state index in [0.717, 1.165) is 18.3 Å². The van der Waals surface area contributed by atoms with Crippen molar-refractivity contribution in [2.45, 2.75) is 30.0 Å². The zero-order valence-corrected chi connectivity index (χ0v) is 19.4. The number of aliphatic hydroxyl groups excluding tert-OH is 1. The van der Waals surface area contributed by atoms with E-state index in [1.165, 1.54) is 0 Å². The predicted octanol–water partition coefficient (Wildman–Crippen LogP) is -1.21. The minimum atomic E-state index is -5.89. The summed E-state index contributed by atoms with van der Waals surface area (Å²) in [5.74, 6) is 0. The van der Waals surface area contributed by atoms with Crippen LogP contribution < -0.4 is 11.2 Å². The average Bonchev–Trinajstić information content (AvgIpc) is 2.86. The maximum atomic E-state index is 14.1. The summed E-state index contributed by atoms with van der Waals surface area (Å²) in [6.07, 6.45) is -2.85. The monoisotopic (exact) mass is 556 g/mol. The maximum absolute atomic E-state index is 14.1. The maximum Gasteiger partial charge on any atom is 0.490 e. The van der Waals surface area contributed by atoms with Gasteiger partial charge in [0.25, 0.3) is 5.56 Å². The van der Waals surface area contributed by atoms with E-state index in [1.54, 1.807) is 0 Å². The van der Waals surface area contributed by atoms with Gasteiger partial charge in [0.05, 0.1) is 6.61 Å². The van der Waals surface area contributed by atoms with Gasteiger partial charge in [-0.15, -0.1) is 6.58 Å². The lowest BCUT2D eigenvalue weighted by atomic mass is 9.84. The van der Waals surface area contributed by atoms with Crippen LogP contribution in [0, 0.1) is 0 Å². The summed E-state index contributed by atoms with van der Waals surface area (Å²) in [5.41, 5.74) is -7.20. The van der Waals surface area contributed by atoms with Gasteiger partial charge in [0.1, 0.15) is 18.4 Å². The molecule has 1 aliphatic rings. The lowest BCUT2D eigenvalue weighted by Crippen LogP contribution is -2.54. The SMILES string of the molecule is C=CC[C@@]1(O)C(O)[C@@](CF)(COP(=O)(O)OP(=O)(O)OP(=O)(O)O)O[C@H]1n1ccc(=O)[nH]c1=O. The Labute approximate surface area is 188 Å². The Morgan fingerprint density at radius 1 is 1.21 bits per heavy atom. The number of nitrogens with one attached hydrogen (secondary N) is 1.